The first-order chi connectivity index (χ1) is 21.8. The molecule has 0 radical (unpaired) electrons. The molecule has 4 rings (SSSR count). The van der Waals surface area contributed by atoms with Crippen LogP contribution in [0.1, 0.15) is 101 Å². The van der Waals surface area contributed by atoms with E-state index in [2.05, 4.69) is 60.3 Å². The smallest absolute Gasteiger partial charge is 0.324 e. The van der Waals surface area contributed by atoms with Crippen molar-refractivity contribution in [3.63, 3.8) is 0 Å². The summed E-state index contributed by atoms with van der Waals surface area (Å²) in [6.07, 6.45) is 12.5. The molecule has 1 unspecified atom stereocenters. The lowest BCUT2D eigenvalue weighted by atomic mass is 9.67. The highest BCUT2D eigenvalue weighted by Gasteiger charge is 2.51. The lowest BCUT2D eigenvalue weighted by Gasteiger charge is -2.44. The predicted molar refractivity (Wildman–Crippen MR) is 178 cm³/mol. The Bertz CT molecular complexity index is 1230. The molecule has 8 nitrogen and oxygen atoms in total. The van der Waals surface area contributed by atoms with Gasteiger partial charge in [-0.15, -0.1) is 0 Å². The van der Waals surface area contributed by atoms with Crippen molar-refractivity contribution in [2.24, 2.45) is 17.8 Å². The van der Waals surface area contributed by atoms with Gasteiger partial charge in [0.25, 0.3) is 5.91 Å². The molecule has 0 aliphatic heterocycles. The van der Waals surface area contributed by atoms with Gasteiger partial charge in [-0.1, -0.05) is 94.5 Å². The fraction of sp³-hybridized carbons (Fsp3) is 0.568. The van der Waals surface area contributed by atoms with E-state index in [1.54, 1.807) is 13.0 Å². The molecule has 0 aromatic heterocycles. The first-order valence-corrected chi connectivity index (χ1v) is 16.9. The van der Waals surface area contributed by atoms with Gasteiger partial charge in [-0.05, 0) is 78.7 Å². The second-order valence-corrected chi connectivity index (χ2v) is 13.2. The van der Waals surface area contributed by atoms with Crippen LogP contribution in [0.3, 0.4) is 0 Å². The van der Waals surface area contributed by atoms with Gasteiger partial charge >= 0.3 is 5.97 Å². The predicted octanol–water partition coefficient (Wildman–Crippen LogP) is 6.74. The third kappa shape index (κ3) is 10.5. The van der Waals surface area contributed by atoms with Gasteiger partial charge in [0.1, 0.15) is 5.54 Å². The molecule has 8 heteroatoms. The maximum absolute atomic E-state index is 12.9. The Labute approximate surface area is 269 Å². The summed E-state index contributed by atoms with van der Waals surface area (Å²) in [6, 6.07) is 16.5. The number of ether oxygens (including phenoxy) is 1. The molecular weight excluding hydrogens is 566 g/mol. The van der Waals surface area contributed by atoms with Gasteiger partial charge in [0.2, 0.25) is 0 Å². The van der Waals surface area contributed by atoms with Crippen LogP contribution in [0.5, 0.6) is 0 Å². The zero-order chi connectivity index (χ0) is 32.1. The van der Waals surface area contributed by atoms with E-state index in [-0.39, 0.29) is 17.7 Å². The zero-order valence-corrected chi connectivity index (χ0v) is 27.4. The lowest BCUT2D eigenvalue weighted by molar-refractivity contribution is -0.180. The number of carbonyl (C=O) groups excluding carboxylic acids is 1. The van der Waals surface area contributed by atoms with Gasteiger partial charge in [0, 0.05) is 25.7 Å². The quantitative estimate of drug-likeness (QED) is 0.0882. The molecule has 2 saturated carbocycles. The molecule has 45 heavy (non-hydrogen) atoms. The van der Waals surface area contributed by atoms with Crippen molar-refractivity contribution in [3.05, 3.63) is 76.9 Å². The zero-order valence-electron chi connectivity index (χ0n) is 27.4. The van der Waals surface area contributed by atoms with E-state index in [1.807, 2.05) is 18.2 Å². The minimum Gasteiger partial charge on any atom is -0.480 e. The van der Waals surface area contributed by atoms with Crippen LogP contribution in [0.4, 0.5) is 0 Å². The van der Waals surface area contributed by atoms with E-state index in [0.29, 0.717) is 32.2 Å². The molecule has 246 valence electrons. The molecule has 1 amide bonds. The summed E-state index contributed by atoms with van der Waals surface area (Å²) in [6.45, 7) is 8.39. The van der Waals surface area contributed by atoms with Gasteiger partial charge in [0.15, 0.2) is 6.29 Å². The lowest BCUT2D eigenvalue weighted by Crippen LogP contribution is -2.61. The van der Waals surface area contributed by atoms with Gasteiger partial charge in [-0.2, -0.15) is 0 Å². The Hall–Kier alpha value is -3.04. The molecular formula is C37H53N3O5. The maximum atomic E-state index is 12.9. The highest BCUT2D eigenvalue weighted by atomic mass is 16.8. The van der Waals surface area contributed by atoms with Crippen LogP contribution in [-0.4, -0.2) is 35.4 Å². The third-order valence-corrected chi connectivity index (χ3v) is 9.24. The Morgan fingerprint density at radius 3 is 2.09 bits per heavy atom. The number of nitrogens with one attached hydrogen (secondary N) is 3. The Balaban J connectivity index is 1.24. The largest absolute Gasteiger partial charge is 0.480 e. The summed E-state index contributed by atoms with van der Waals surface area (Å²) >= 11 is 0. The summed E-state index contributed by atoms with van der Waals surface area (Å²) in [5, 5.41) is 17.7. The van der Waals surface area contributed by atoms with E-state index in [9.17, 15) is 14.7 Å². The number of hydrogen-bond acceptors (Lipinski definition) is 6. The summed E-state index contributed by atoms with van der Waals surface area (Å²) < 4.78 is 5.49. The van der Waals surface area contributed by atoms with Crippen molar-refractivity contribution in [2.75, 3.05) is 6.61 Å². The third-order valence-electron chi connectivity index (χ3n) is 9.24. The molecule has 2 atom stereocenters. The number of aliphatic carboxylic acids is 1. The number of carboxylic acid groups (broad SMARTS) is 1. The molecule has 0 bridgehead atoms. The van der Waals surface area contributed by atoms with Crippen LogP contribution < -0.4 is 16.1 Å². The van der Waals surface area contributed by atoms with Crippen molar-refractivity contribution in [1.29, 1.82) is 0 Å². The topological polar surface area (TPSA) is 109 Å². The van der Waals surface area contributed by atoms with E-state index in [1.165, 1.54) is 18.1 Å². The number of hydroxylamine groups is 1. The highest BCUT2D eigenvalue weighted by Crippen LogP contribution is 2.44. The molecule has 0 heterocycles. The van der Waals surface area contributed by atoms with Gasteiger partial charge in [0.05, 0.1) is 6.61 Å². The summed E-state index contributed by atoms with van der Waals surface area (Å²) in [5.74, 6) is -0.195. The number of rotatable bonds is 17. The van der Waals surface area contributed by atoms with Crippen LogP contribution in [0.15, 0.2) is 54.6 Å². The summed E-state index contributed by atoms with van der Waals surface area (Å²) in [7, 11) is 0. The van der Waals surface area contributed by atoms with Crippen LogP contribution in [0, 0.1) is 17.8 Å². The normalized spacial score (nSPS) is 18.3. The monoisotopic (exact) mass is 619 g/mol. The molecule has 2 aliphatic rings. The van der Waals surface area contributed by atoms with Crippen molar-refractivity contribution in [3.8, 4) is 0 Å². The summed E-state index contributed by atoms with van der Waals surface area (Å²) in [5.41, 5.74) is 5.91. The first kappa shape index (κ1) is 34.8. The average molecular weight is 620 g/mol. The minimum absolute atomic E-state index is 0.207. The van der Waals surface area contributed by atoms with Crippen molar-refractivity contribution in [2.45, 2.75) is 110 Å². The van der Waals surface area contributed by atoms with E-state index >= 15 is 0 Å². The van der Waals surface area contributed by atoms with Gasteiger partial charge in [-0.25, -0.2) is 10.3 Å². The number of carbonyl (C=O) groups is 2. The number of carboxylic acids is 1. The van der Waals surface area contributed by atoms with Gasteiger partial charge in [-0.3, -0.25) is 14.9 Å². The fourth-order valence-electron chi connectivity index (χ4n) is 6.88. The standard InChI is InChI=1S/C37H53N3O5/c1-27(2)26-44-28(3)45-40-35(41)21-20-29-10-9-11-32(22-29)24-38-23-30-16-18-31(19-17-30)25-39-37(36(42)43,34-14-7-8-15-34)33-12-5-4-6-13-33/h9-11,16-22,27-28,33-34,38-39H,4-8,12-15,23-26H2,1-3H3,(H,40,41)(H,42,43)/b21-20+/t28?,37-/m1/s1. The average Bonchev–Trinajstić information content (AvgIpc) is 3.59. The highest BCUT2D eigenvalue weighted by molar-refractivity contribution is 5.90. The van der Waals surface area contributed by atoms with Crippen LogP contribution >= 0.6 is 0 Å². The van der Waals surface area contributed by atoms with Crippen molar-refractivity contribution < 1.29 is 24.3 Å². The molecule has 0 saturated heterocycles. The molecule has 2 aromatic rings. The minimum atomic E-state index is -0.820. The molecule has 0 spiro atoms. The van der Waals surface area contributed by atoms with Crippen LogP contribution in [0.25, 0.3) is 6.08 Å². The molecule has 2 aliphatic carbocycles. The fourth-order valence-corrected chi connectivity index (χ4v) is 6.88. The SMILES string of the molecule is CC(C)COC(C)ONC(=O)/C=C/c1cccc(CNCc2ccc(CN[C@](C(=O)O)(C3CCCCC3)C3CCCC3)cc2)c1. The molecule has 4 N–H and O–H groups in total. The second kappa shape index (κ2) is 17.6. The van der Waals surface area contributed by atoms with E-state index < -0.39 is 17.8 Å². The maximum Gasteiger partial charge on any atom is 0.324 e. The van der Waals surface area contributed by atoms with Crippen molar-refractivity contribution >= 4 is 18.0 Å². The second-order valence-electron chi connectivity index (χ2n) is 13.2. The van der Waals surface area contributed by atoms with Crippen LogP contribution in [0.2, 0.25) is 0 Å². The Morgan fingerprint density at radius 1 is 0.867 bits per heavy atom. The Kier molecular flexibility index (Phi) is 13.6. The Morgan fingerprint density at radius 2 is 1.47 bits per heavy atom. The number of hydrogen-bond donors (Lipinski definition) is 4. The molecule has 2 aromatic carbocycles. The van der Waals surface area contributed by atoms with E-state index in [4.69, 9.17) is 9.57 Å². The van der Waals surface area contributed by atoms with Gasteiger partial charge < -0.3 is 15.2 Å². The van der Waals surface area contributed by atoms with Crippen molar-refractivity contribution in [1.82, 2.24) is 16.1 Å². The molecule has 2 fully saturated rings. The van der Waals surface area contributed by atoms with Crippen LogP contribution in [-0.2, 0) is 38.8 Å². The number of benzene rings is 2. The first-order valence-electron chi connectivity index (χ1n) is 16.9. The number of amides is 1. The van der Waals surface area contributed by atoms with E-state index in [0.717, 1.165) is 68.1 Å². The summed E-state index contributed by atoms with van der Waals surface area (Å²) in [4.78, 5) is 30.3.